The molecule has 0 aliphatic carbocycles. The van der Waals surface area contributed by atoms with Crippen LogP contribution in [0.1, 0.15) is 119 Å². The Morgan fingerprint density at radius 3 is 2.06 bits per heavy atom. The molecule has 1 aliphatic rings. The molecule has 70 heavy (non-hydrogen) atoms. The molecule has 0 radical (unpaired) electrons. The molecule has 392 valence electrons. The van der Waals surface area contributed by atoms with Crippen LogP contribution in [-0.2, 0) is 49.5 Å². The molecular formula is C51H81N7O12. The highest BCUT2D eigenvalue weighted by molar-refractivity contribution is 5.95. The highest BCUT2D eigenvalue weighted by Crippen LogP contribution is 2.18. The smallest absolute Gasteiger partial charge is 0.329 e. The number of carbonyl (C=O) groups excluding carboxylic acids is 8. The second-order valence-electron chi connectivity index (χ2n) is 19.5. The Morgan fingerprint density at radius 2 is 1.47 bits per heavy atom. The molecule has 1 aliphatic heterocycles. The lowest BCUT2D eigenvalue weighted by molar-refractivity contribution is -0.156. The number of cyclic esters (lactones) is 1. The first-order valence-corrected chi connectivity index (χ1v) is 24.6. The average Bonchev–Trinajstić information content (AvgIpc) is 3.29. The summed E-state index contributed by atoms with van der Waals surface area (Å²) in [5.41, 5.74) is 0.610. The lowest BCUT2D eigenvalue weighted by atomic mass is 9.99. The van der Waals surface area contributed by atoms with Crippen LogP contribution in [0, 0.1) is 23.7 Å². The van der Waals surface area contributed by atoms with Gasteiger partial charge >= 0.3 is 5.97 Å². The van der Waals surface area contributed by atoms with Gasteiger partial charge < -0.3 is 56.9 Å². The number of phenolic OH excluding ortho intramolecular Hbond substituents is 1. The van der Waals surface area contributed by atoms with Crippen molar-refractivity contribution in [2.45, 2.75) is 168 Å². The van der Waals surface area contributed by atoms with Gasteiger partial charge in [0.1, 0.15) is 42.6 Å². The normalized spacial score (nSPS) is 19.1. The van der Waals surface area contributed by atoms with E-state index in [-0.39, 0.29) is 36.3 Å². The van der Waals surface area contributed by atoms with Gasteiger partial charge in [-0.1, -0.05) is 112 Å². The van der Waals surface area contributed by atoms with Crippen molar-refractivity contribution in [2.75, 3.05) is 20.3 Å². The van der Waals surface area contributed by atoms with E-state index in [1.54, 1.807) is 59.8 Å². The maximum absolute atomic E-state index is 13.8. The molecular weight excluding hydrogens is 903 g/mol. The fourth-order valence-corrected chi connectivity index (χ4v) is 7.59. The Labute approximate surface area is 413 Å². The lowest BCUT2D eigenvalue weighted by Gasteiger charge is -2.32. The summed E-state index contributed by atoms with van der Waals surface area (Å²) in [7, 11) is 1.42. The highest BCUT2D eigenvalue weighted by atomic mass is 16.5. The Morgan fingerprint density at radius 1 is 0.829 bits per heavy atom. The van der Waals surface area contributed by atoms with Gasteiger partial charge in [0.15, 0.2) is 0 Å². The van der Waals surface area contributed by atoms with Crippen molar-refractivity contribution >= 4 is 47.3 Å². The predicted octanol–water partition coefficient (Wildman–Crippen LogP) is 2.46. The van der Waals surface area contributed by atoms with Crippen molar-refractivity contribution in [1.82, 2.24) is 36.8 Å². The van der Waals surface area contributed by atoms with E-state index in [1.807, 2.05) is 19.9 Å². The summed E-state index contributed by atoms with van der Waals surface area (Å²) in [5.74, 6) is -6.53. The minimum atomic E-state index is -1.65. The Bertz CT molecular complexity index is 1940. The second kappa shape index (κ2) is 30.7. The molecule has 0 aromatic heterocycles. The van der Waals surface area contributed by atoms with Gasteiger partial charge in [-0.25, -0.2) is 4.79 Å². The van der Waals surface area contributed by atoms with Crippen LogP contribution in [0.2, 0.25) is 0 Å². The van der Waals surface area contributed by atoms with Crippen LogP contribution >= 0.6 is 0 Å². The molecule has 1 aromatic carbocycles. The first-order valence-electron chi connectivity index (χ1n) is 24.6. The Hall–Kier alpha value is -5.82. The van der Waals surface area contributed by atoms with E-state index in [1.165, 1.54) is 30.2 Å². The van der Waals surface area contributed by atoms with Crippen molar-refractivity contribution in [1.29, 1.82) is 0 Å². The zero-order valence-corrected chi connectivity index (χ0v) is 42.8. The van der Waals surface area contributed by atoms with Gasteiger partial charge in [0.2, 0.25) is 41.4 Å². The number of carbonyl (C=O) groups is 8. The SMILES string of the molecule is CCCCCC/C=C\CC(=O)N[C@@H](CC(C)C)C(=O)N[C@H](C(=O)N[C@@H](CO)[C@@H](O)CC(=O)N[C@H](C(=O)N[C@@H]1C=CC(=O)N[C@@H](C(C)C)C(=O)N(C)[C@@H](Cc2ccc(O)cc2)C(=O)OC1)C(C)C)C(C)C. The summed E-state index contributed by atoms with van der Waals surface area (Å²) >= 11 is 0. The van der Waals surface area contributed by atoms with E-state index in [0.717, 1.165) is 38.2 Å². The quantitative estimate of drug-likeness (QED) is 0.0368. The van der Waals surface area contributed by atoms with Crippen molar-refractivity contribution in [3.05, 3.63) is 54.1 Å². The van der Waals surface area contributed by atoms with Crippen LogP contribution in [0.3, 0.4) is 0 Å². The number of nitrogens with zero attached hydrogens (tertiary/aromatic N) is 1. The number of unbranched alkanes of at least 4 members (excludes halogenated alkanes) is 4. The third-order valence-electron chi connectivity index (χ3n) is 11.8. The zero-order chi connectivity index (χ0) is 52.7. The van der Waals surface area contributed by atoms with Gasteiger partial charge in [-0.15, -0.1) is 0 Å². The van der Waals surface area contributed by atoms with E-state index in [9.17, 15) is 53.7 Å². The molecule has 19 nitrogen and oxygen atoms in total. The number of aliphatic hydroxyl groups is 2. The van der Waals surface area contributed by atoms with Crippen LogP contribution in [0.5, 0.6) is 5.75 Å². The molecule has 9 N–H and O–H groups in total. The molecule has 0 unspecified atom stereocenters. The number of rotatable bonds is 26. The molecule has 1 aromatic rings. The van der Waals surface area contributed by atoms with E-state index < -0.39 is 121 Å². The standard InChI is InChI=1S/C51H81N7O12/c1-11-12-13-14-15-16-17-18-41(62)53-37(25-30(2)3)47(65)57-45(32(6)7)49(67)54-38(28-59)40(61)27-43(64)56-44(31(4)5)48(66)52-35-21-24-42(63)55-46(33(8)9)50(68)58(10)39(51(69)70-29-35)26-34-19-22-36(60)23-20-34/h16-17,19-24,30-33,35,37-40,44-46,59-61H,11-15,18,25-29H2,1-10H3,(H,52,66)(H,53,62)(H,54,67)(H,55,63)(H,56,64)(H,57,65)/b17-16-,24-21?/t35-,37+,38+,39+,40+,44+,45+,46+/m1/s1. The van der Waals surface area contributed by atoms with Gasteiger partial charge in [-0.2, -0.15) is 0 Å². The van der Waals surface area contributed by atoms with Crippen molar-refractivity contribution in [3.8, 4) is 5.75 Å². The summed E-state index contributed by atoms with van der Waals surface area (Å²) in [6.45, 7) is 14.8. The number of hydrogen-bond acceptors (Lipinski definition) is 12. The van der Waals surface area contributed by atoms with E-state index in [4.69, 9.17) is 4.74 Å². The summed E-state index contributed by atoms with van der Waals surface area (Å²) in [6.07, 6.45) is 9.52. The molecule has 1 heterocycles. The summed E-state index contributed by atoms with van der Waals surface area (Å²) in [4.78, 5) is 109. The largest absolute Gasteiger partial charge is 0.508 e. The van der Waals surface area contributed by atoms with Gasteiger partial charge in [0, 0.05) is 26.0 Å². The summed E-state index contributed by atoms with van der Waals surface area (Å²) in [5, 5.41) is 47.1. The number of allylic oxidation sites excluding steroid dienone is 1. The molecule has 0 saturated heterocycles. The van der Waals surface area contributed by atoms with Gasteiger partial charge in [-0.05, 0) is 60.6 Å². The number of aliphatic hydroxyl groups excluding tert-OH is 2. The summed E-state index contributed by atoms with van der Waals surface area (Å²) < 4.78 is 5.65. The monoisotopic (exact) mass is 984 g/mol. The van der Waals surface area contributed by atoms with Crippen molar-refractivity contribution in [2.24, 2.45) is 23.7 Å². The number of phenols is 1. The highest BCUT2D eigenvalue weighted by Gasteiger charge is 2.37. The summed E-state index contributed by atoms with van der Waals surface area (Å²) in [6, 6.07) is -1.87. The molecule has 0 bridgehead atoms. The number of ether oxygens (including phenoxy) is 1. The number of esters is 1. The number of likely N-dealkylation sites (N-methyl/N-ethyl adjacent to an activating group) is 1. The number of amides is 7. The maximum Gasteiger partial charge on any atom is 0.329 e. The number of hydrogen-bond donors (Lipinski definition) is 9. The maximum atomic E-state index is 13.8. The first kappa shape index (κ1) is 60.3. The van der Waals surface area contributed by atoms with Crippen LogP contribution in [-0.4, -0.2) is 136 Å². The third-order valence-corrected chi connectivity index (χ3v) is 11.8. The fourth-order valence-electron chi connectivity index (χ4n) is 7.59. The van der Waals surface area contributed by atoms with Crippen LogP contribution in [0.4, 0.5) is 0 Å². The van der Waals surface area contributed by atoms with Crippen LogP contribution < -0.4 is 31.9 Å². The van der Waals surface area contributed by atoms with Crippen molar-refractivity contribution < 1.29 is 58.4 Å². The van der Waals surface area contributed by atoms with Gasteiger partial charge in [-0.3, -0.25) is 33.6 Å². The second-order valence-corrected chi connectivity index (χ2v) is 19.5. The number of benzene rings is 1. The Kier molecular flexibility index (Phi) is 26.5. The fraction of sp³-hybridized carbons (Fsp3) is 0.647. The number of aromatic hydroxyl groups is 1. The number of nitrogens with one attached hydrogen (secondary N) is 6. The molecule has 8 atom stereocenters. The molecule has 0 spiro atoms. The minimum absolute atomic E-state index is 0.00746. The molecule has 19 heteroatoms. The molecule has 7 amide bonds. The van der Waals surface area contributed by atoms with Crippen LogP contribution in [0.15, 0.2) is 48.6 Å². The van der Waals surface area contributed by atoms with Crippen LogP contribution in [0.25, 0.3) is 0 Å². The predicted molar refractivity (Wildman–Crippen MR) is 264 cm³/mol. The van der Waals surface area contributed by atoms with Gasteiger partial charge in [0.25, 0.3) is 0 Å². The molecule has 0 saturated carbocycles. The van der Waals surface area contributed by atoms with Crippen molar-refractivity contribution in [3.63, 3.8) is 0 Å². The first-order chi connectivity index (χ1) is 33.0. The topological polar surface area (TPSA) is 282 Å². The lowest BCUT2D eigenvalue weighted by Crippen LogP contribution is -2.59. The minimum Gasteiger partial charge on any atom is -0.508 e. The van der Waals surface area contributed by atoms with E-state index in [2.05, 4.69) is 38.8 Å². The third kappa shape index (κ3) is 21.0. The van der Waals surface area contributed by atoms with Gasteiger partial charge in [0.05, 0.1) is 31.2 Å². The zero-order valence-electron chi connectivity index (χ0n) is 42.8. The molecule has 0 fully saturated rings. The molecule has 2 rings (SSSR count). The van der Waals surface area contributed by atoms with E-state index in [0.29, 0.717) is 12.0 Å². The van der Waals surface area contributed by atoms with E-state index >= 15 is 0 Å². The average molecular weight is 984 g/mol. The Balaban J connectivity index is 2.17.